The lowest BCUT2D eigenvalue weighted by Crippen LogP contribution is -2.05. The summed E-state index contributed by atoms with van der Waals surface area (Å²) in [6, 6.07) is 9.37. The standard InChI is InChI=1S/C14H13N3O2S/c1-2-19-13(18)12-9-20-14(17-12)16-8-11-5-3-10(7-15)4-6-11/h3-6,9H,2,8H2,1H3,(H,16,17). The summed E-state index contributed by atoms with van der Waals surface area (Å²) in [6.45, 7) is 2.68. The largest absolute Gasteiger partial charge is 0.461 e. The number of aromatic nitrogens is 1. The lowest BCUT2D eigenvalue weighted by atomic mass is 10.1. The minimum Gasteiger partial charge on any atom is -0.461 e. The Labute approximate surface area is 120 Å². The molecule has 0 bridgehead atoms. The Kier molecular flexibility index (Phi) is 4.69. The van der Waals surface area contributed by atoms with Crippen molar-refractivity contribution in [2.75, 3.05) is 11.9 Å². The first-order valence-corrected chi connectivity index (χ1v) is 6.96. The first kappa shape index (κ1) is 14.0. The van der Waals surface area contributed by atoms with E-state index >= 15 is 0 Å². The zero-order valence-electron chi connectivity index (χ0n) is 10.9. The fraction of sp³-hybridized carbons (Fsp3) is 0.214. The zero-order chi connectivity index (χ0) is 14.4. The number of rotatable bonds is 5. The van der Waals surface area contributed by atoms with E-state index in [1.54, 1.807) is 24.4 Å². The van der Waals surface area contributed by atoms with Crippen LogP contribution in [0.5, 0.6) is 0 Å². The number of ether oxygens (including phenoxy) is 1. The van der Waals surface area contributed by atoms with Gasteiger partial charge in [0.1, 0.15) is 0 Å². The van der Waals surface area contributed by atoms with Gasteiger partial charge in [0, 0.05) is 11.9 Å². The van der Waals surface area contributed by atoms with Crippen LogP contribution in [0.15, 0.2) is 29.6 Å². The summed E-state index contributed by atoms with van der Waals surface area (Å²) in [5, 5.41) is 14.2. The third-order valence-corrected chi connectivity index (χ3v) is 3.32. The van der Waals surface area contributed by atoms with Crippen LogP contribution in [0.4, 0.5) is 5.13 Å². The molecule has 0 atom stereocenters. The molecule has 0 radical (unpaired) electrons. The lowest BCUT2D eigenvalue weighted by molar-refractivity contribution is 0.0520. The first-order valence-electron chi connectivity index (χ1n) is 6.08. The molecule has 0 saturated carbocycles. The Balaban J connectivity index is 1.94. The van der Waals surface area contributed by atoms with Crippen LogP contribution in [-0.2, 0) is 11.3 Å². The fourth-order valence-corrected chi connectivity index (χ4v) is 2.21. The third-order valence-electron chi connectivity index (χ3n) is 2.52. The molecule has 0 unspecified atom stereocenters. The molecular formula is C14H13N3O2S. The molecule has 2 rings (SSSR count). The molecule has 1 aromatic heterocycles. The van der Waals surface area contributed by atoms with E-state index in [1.807, 2.05) is 12.1 Å². The molecule has 6 heteroatoms. The lowest BCUT2D eigenvalue weighted by Gasteiger charge is -2.02. The first-order chi connectivity index (χ1) is 9.72. The van der Waals surface area contributed by atoms with Crippen molar-refractivity contribution < 1.29 is 9.53 Å². The zero-order valence-corrected chi connectivity index (χ0v) is 11.7. The van der Waals surface area contributed by atoms with Crippen molar-refractivity contribution in [1.82, 2.24) is 4.98 Å². The van der Waals surface area contributed by atoms with Crippen molar-refractivity contribution >= 4 is 22.4 Å². The number of carbonyl (C=O) groups excluding carboxylic acids is 1. The Bertz CT molecular complexity index is 629. The van der Waals surface area contributed by atoms with E-state index in [4.69, 9.17) is 10.00 Å². The van der Waals surface area contributed by atoms with Crippen LogP contribution in [-0.4, -0.2) is 17.6 Å². The highest BCUT2D eigenvalue weighted by Gasteiger charge is 2.11. The summed E-state index contributed by atoms with van der Waals surface area (Å²) in [4.78, 5) is 15.6. The Morgan fingerprint density at radius 3 is 2.85 bits per heavy atom. The van der Waals surface area contributed by atoms with Gasteiger partial charge in [0.05, 0.1) is 18.2 Å². The van der Waals surface area contributed by atoms with Crippen molar-refractivity contribution in [2.45, 2.75) is 13.5 Å². The second-order valence-corrected chi connectivity index (χ2v) is 4.78. The molecule has 1 aromatic carbocycles. The quantitative estimate of drug-likeness (QED) is 0.856. The summed E-state index contributed by atoms with van der Waals surface area (Å²) in [5.74, 6) is -0.407. The van der Waals surface area contributed by atoms with Gasteiger partial charge in [-0.3, -0.25) is 0 Å². The molecule has 0 saturated heterocycles. The van der Waals surface area contributed by atoms with E-state index < -0.39 is 5.97 Å². The van der Waals surface area contributed by atoms with Crippen LogP contribution >= 0.6 is 11.3 Å². The maximum atomic E-state index is 11.5. The SMILES string of the molecule is CCOC(=O)c1csc(NCc2ccc(C#N)cc2)n1. The van der Waals surface area contributed by atoms with Gasteiger partial charge in [0.25, 0.3) is 0 Å². The van der Waals surface area contributed by atoms with Gasteiger partial charge < -0.3 is 10.1 Å². The number of nitrogens with zero attached hydrogens (tertiary/aromatic N) is 2. The summed E-state index contributed by atoms with van der Waals surface area (Å²) >= 11 is 1.36. The third kappa shape index (κ3) is 3.56. The molecule has 0 fully saturated rings. The molecule has 0 amide bonds. The molecule has 1 heterocycles. The molecule has 0 aliphatic heterocycles. The highest BCUT2D eigenvalue weighted by Crippen LogP contribution is 2.17. The second kappa shape index (κ2) is 6.68. The van der Waals surface area contributed by atoms with Crippen LogP contribution in [0.1, 0.15) is 28.5 Å². The molecule has 1 N–H and O–H groups in total. The Hall–Kier alpha value is -2.39. The molecule has 20 heavy (non-hydrogen) atoms. The average Bonchev–Trinajstić information content (AvgIpc) is 2.95. The Morgan fingerprint density at radius 2 is 2.20 bits per heavy atom. The van der Waals surface area contributed by atoms with Gasteiger partial charge in [0.15, 0.2) is 10.8 Å². The number of nitrogens with one attached hydrogen (secondary N) is 1. The van der Waals surface area contributed by atoms with Crippen LogP contribution in [0.2, 0.25) is 0 Å². The number of hydrogen-bond donors (Lipinski definition) is 1. The number of benzene rings is 1. The number of carbonyl (C=O) groups is 1. The van der Waals surface area contributed by atoms with Crippen molar-refractivity contribution in [3.8, 4) is 6.07 Å². The van der Waals surface area contributed by atoms with Gasteiger partial charge in [0.2, 0.25) is 0 Å². The van der Waals surface area contributed by atoms with Crippen molar-refractivity contribution in [3.05, 3.63) is 46.5 Å². The van der Waals surface area contributed by atoms with Gasteiger partial charge in [-0.1, -0.05) is 12.1 Å². The van der Waals surface area contributed by atoms with E-state index in [-0.39, 0.29) is 0 Å². The smallest absolute Gasteiger partial charge is 0.357 e. The van der Waals surface area contributed by atoms with Gasteiger partial charge in [-0.05, 0) is 24.6 Å². The van der Waals surface area contributed by atoms with Gasteiger partial charge in [-0.25, -0.2) is 9.78 Å². The minimum absolute atomic E-state index is 0.319. The number of hydrogen-bond acceptors (Lipinski definition) is 6. The van der Waals surface area contributed by atoms with Crippen molar-refractivity contribution in [3.63, 3.8) is 0 Å². The molecule has 0 spiro atoms. The van der Waals surface area contributed by atoms with E-state index in [2.05, 4.69) is 16.4 Å². The van der Waals surface area contributed by atoms with Crippen LogP contribution in [0.25, 0.3) is 0 Å². The van der Waals surface area contributed by atoms with E-state index in [0.717, 1.165) is 5.56 Å². The van der Waals surface area contributed by atoms with Gasteiger partial charge in [-0.2, -0.15) is 5.26 Å². The number of anilines is 1. The van der Waals surface area contributed by atoms with Crippen molar-refractivity contribution in [2.24, 2.45) is 0 Å². The topological polar surface area (TPSA) is 75.0 Å². The molecule has 2 aromatic rings. The number of thiazole rings is 1. The summed E-state index contributed by atoms with van der Waals surface area (Å²) in [7, 11) is 0. The molecule has 0 aliphatic carbocycles. The summed E-state index contributed by atoms with van der Waals surface area (Å²) < 4.78 is 4.88. The maximum absolute atomic E-state index is 11.5. The van der Waals surface area contributed by atoms with Crippen LogP contribution in [0.3, 0.4) is 0 Å². The van der Waals surface area contributed by atoms with E-state index in [0.29, 0.717) is 29.5 Å². The summed E-state index contributed by atoms with van der Waals surface area (Å²) in [5.41, 5.74) is 1.99. The molecule has 0 aliphatic rings. The fourth-order valence-electron chi connectivity index (χ4n) is 1.53. The van der Waals surface area contributed by atoms with Crippen molar-refractivity contribution in [1.29, 1.82) is 5.26 Å². The van der Waals surface area contributed by atoms with Crippen LogP contribution in [0, 0.1) is 11.3 Å². The average molecular weight is 287 g/mol. The Morgan fingerprint density at radius 1 is 1.45 bits per heavy atom. The van der Waals surface area contributed by atoms with E-state index in [1.165, 1.54) is 11.3 Å². The highest BCUT2D eigenvalue weighted by atomic mass is 32.1. The minimum atomic E-state index is -0.407. The molecular weight excluding hydrogens is 274 g/mol. The van der Waals surface area contributed by atoms with Crippen LogP contribution < -0.4 is 5.32 Å². The normalized spacial score (nSPS) is 9.80. The predicted molar refractivity (Wildman–Crippen MR) is 76.6 cm³/mol. The maximum Gasteiger partial charge on any atom is 0.357 e. The molecule has 5 nitrogen and oxygen atoms in total. The monoisotopic (exact) mass is 287 g/mol. The van der Waals surface area contributed by atoms with Gasteiger partial charge >= 0.3 is 5.97 Å². The predicted octanol–water partition coefficient (Wildman–Crippen LogP) is 2.80. The molecule has 102 valence electrons. The van der Waals surface area contributed by atoms with E-state index in [9.17, 15) is 4.79 Å². The highest BCUT2D eigenvalue weighted by molar-refractivity contribution is 7.13. The van der Waals surface area contributed by atoms with Gasteiger partial charge in [-0.15, -0.1) is 11.3 Å². The number of esters is 1. The second-order valence-electron chi connectivity index (χ2n) is 3.92. The number of nitriles is 1. The summed E-state index contributed by atoms with van der Waals surface area (Å²) in [6.07, 6.45) is 0.